The van der Waals surface area contributed by atoms with E-state index in [9.17, 15) is 0 Å². The Balaban J connectivity index is 2.74. The van der Waals surface area contributed by atoms with Crippen LogP contribution in [0.2, 0.25) is 0 Å². The number of hydrogen-bond acceptors (Lipinski definition) is 3. The van der Waals surface area contributed by atoms with E-state index < -0.39 is 0 Å². The van der Waals surface area contributed by atoms with Crippen molar-refractivity contribution in [3.8, 4) is 0 Å². The van der Waals surface area contributed by atoms with Crippen LogP contribution in [0.1, 0.15) is 52.9 Å². The molecule has 0 aromatic carbocycles. The van der Waals surface area contributed by atoms with Crippen LogP contribution >= 0.6 is 0 Å². The number of ether oxygens (including phenoxy) is 1. The van der Waals surface area contributed by atoms with E-state index in [4.69, 9.17) is 10.5 Å². The van der Waals surface area contributed by atoms with Crippen molar-refractivity contribution in [3.63, 3.8) is 0 Å². The summed E-state index contributed by atoms with van der Waals surface area (Å²) in [5.41, 5.74) is 6.04. The maximum Gasteiger partial charge on any atom is 0.0660 e. The summed E-state index contributed by atoms with van der Waals surface area (Å²) in [7, 11) is 0. The Kier molecular flexibility index (Phi) is 6.45. The lowest BCUT2D eigenvalue weighted by Gasteiger charge is -2.44. The topological polar surface area (TPSA) is 38.5 Å². The summed E-state index contributed by atoms with van der Waals surface area (Å²) in [6.45, 7) is 10.0. The van der Waals surface area contributed by atoms with E-state index in [1.165, 1.54) is 38.6 Å². The normalized spacial score (nSPS) is 26.5. The summed E-state index contributed by atoms with van der Waals surface area (Å²) in [5.74, 6) is 0. The smallest absolute Gasteiger partial charge is 0.0660 e. The minimum atomic E-state index is 0.0149. The fraction of sp³-hybridized carbons (Fsp3) is 1.00. The Bertz CT molecular complexity index is 210. The molecule has 0 aromatic heterocycles. The third-order valence-electron chi connectivity index (χ3n) is 4.10. The van der Waals surface area contributed by atoms with Gasteiger partial charge in [0, 0.05) is 19.2 Å². The minimum absolute atomic E-state index is 0.0149. The number of nitrogens with two attached hydrogens (primary N) is 1. The van der Waals surface area contributed by atoms with Crippen LogP contribution in [0.3, 0.4) is 0 Å². The molecule has 1 fully saturated rings. The van der Waals surface area contributed by atoms with Gasteiger partial charge in [-0.2, -0.15) is 0 Å². The number of rotatable bonds is 6. The van der Waals surface area contributed by atoms with Crippen molar-refractivity contribution >= 4 is 0 Å². The first-order valence-electron chi connectivity index (χ1n) is 7.22. The molecule has 0 amide bonds. The zero-order chi connectivity index (χ0) is 12.7. The van der Waals surface area contributed by atoms with Gasteiger partial charge in [0.25, 0.3) is 0 Å². The van der Waals surface area contributed by atoms with Gasteiger partial charge in [0.05, 0.1) is 12.1 Å². The Labute approximate surface area is 107 Å². The summed E-state index contributed by atoms with van der Waals surface area (Å²) in [6, 6.07) is 0.687. The largest absolute Gasteiger partial charge is 0.380 e. The van der Waals surface area contributed by atoms with Crippen molar-refractivity contribution in [2.75, 3.05) is 26.3 Å². The third kappa shape index (κ3) is 3.94. The van der Waals surface area contributed by atoms with Gasteiger partial charge >= 0.3 is 0 Å². The van der Waals surface area contributed by atoms with E-state index in [0.717, 1.165) is 13.2 Å². The molecule has 2 N–H and O–H groups in total. The molecule has 0 saturated carbocycles. The minimum Gasteiger partial charge on any atom is -0.380 e. The first-order valence-corrected chi connectivity index (χ1v) is 7.22. The number of hydrogen-bond donors (Lipinski definition) is 1. The van der Waals surface area contributed by atoms with Gasteiger partial charge in [0.1, 0.15) is 0 Å². The average molecular weight is 242 g/mol. The van der Waals surface area contributed by atoms with E-state index in [0.29, 0.717) is 12.6 Å². The van der Waals surface area contributed by atoms with E-state index in [2.05, 4.69) is 25.7 Å². The van der Waals surface area contributed by atoms with Crippen molar-refractivity contribution in [2.24, 2.45) is 5.73 Å². The van der Waals surface area contributed by atoms with Gasteiger partial charge < -0.3 is 10.5 Å². The Morgan fingerprint density at radius 3 is 2.65 bits per heavy atom. The van der Waals surface area contributed by atoms with Crippen molar-refractivity contribution in [3.05, 3.63) is 0 Å². The number of likely N-dealkylation sites (tertiary alicyclic amines) is 1. The highest BCUT2D eigenvalue weighted by molar-refractivity contribution is 4.92. The summed E-state index contributed by atoms with van der Waals surface area (Å²) in [5, 5.41) is 0. The monoisotopic (exact) mass is 242 g/mol. The van der Waals surface area contributed by atoms with Gasteiger partial charge in [-0.3, -0.25) is 4.90 Å². The highest BCUT2D eigenvalue weighted by atomic mass is 16.5. The van der Waals surface area contributed by atoms with Crippen LogP contribution in [-0.2, 0) is 4.74 Å². The highest BCUT2D eigenvalue weighted by Gasteiger charge is 2.35. The molecule has 1 aliphatic heterocycles. The first kappa shape index (κ1) is 14.9. The van der Waals surface area contributed by atoms with Gasteiger partial charge in [-0.25, -0.2) is 0 Å². The second-order valence-corrected chi connectivity index (χ2v) is 5.44. The molecule has 17 heavy (non-hydrogen) atoms. The second-order valence-electron chi connectivity index (χ2n) is 5.44. The predicted octanol–water partition coefficient (Wildman–Crippen LogP) is 2.39. The zero-order valence-corrected chi connectivity index (χ0v) is 11.9. The Hall–Kier alpha value is -0.120. The molecule has 1 heterocycles. The van der Waals surface area contributed by atoms with Crippen LogP contribution in [-0.4, -0.2) is 42.8 Å². The fourth-order valence-corrected chi connectivity index (χ4v) is 2.89. The maximum absolute atomic E-state index is 6.02. The van der Waals surface area contributed by atoms with Crippen LogP contribution in [0.25, 0.3) is 0 Å². The van der Waals surface area contributed by atoms with Crippen LogP contribution in [0.5, 0.6) is 0 Å². The van der Waals surface area contributed by atoms with Gasteiger partial charge in [-0.05, 0) is 39.7 Å². The molecule has 3 nitrogen and oxygen atoms in total. The molecule has 0 bridgehead atoms. The molecule has 0 aliphatic carbocycles. The third-order valence-corrected chi connectivity index (χ3v) is 4.10. The van der Waals surface area contributed by atoms with E-state index in [1.54, 1.807) is 0 Å². The molecule has 102 valence electrons. The molecule has 1 aliphatic rings. The van der Waals surface area contributed by atoms with Gasteiger partial charge in [0.2, 0.25) is 0 Å². The molecule has 2 atom stereocenters. The quantitative estimate of drug-likeness (QED) is 0.777. The van der Waals surface area contributed by atoms with Crippen molar-refractivity contribution in [1.29, 1.82) is 0 Å². The molecular weight excluding hydrogens is 212 g/mol. The van der Waals surface area contributed by atoms with Gasteiger partial charge in [-0.15, -0.1) is 0 Å². The fourth-order valence-electron chi connectivity index (χ4n) is 2.89. The molecule has 2 unspecified atom stereocenters. The highest BCUT2D eigenvalue weighted by Crippen LogP contribution is 2.27. The van der Waals surface area contributed by atoms with E-state index >= 15 is 0 Å². The van der Waals surface area contributed by atoms with Crippen LogP contribution in [0, 0.1) is 0 Å². The number of nitrogens with zero attached hydrogens (tertiary/aromatic N) is 1. The molecule has 3 heteroatoms. The SMILES string of the molecule is CCOCC(C)(CN)N1CCCCCC1CC. The predicted molar refractivity (Wildman–Crippen MR) is 73.2 cm³/mol. The van der Waals surface area contributed by atoms with Gasteiger partial charge in [0.15, 0.2) is 0 Å². The standard InChI is InChI=1S/C14H30N2O/c1-4-13-9-7-6-8-10-16(13)14(3,11-15)12-17-5-2/h13H,4-12,15H2,1-3H3. The maximum atomic E-state index is 6.02. The van der Waals surface area contributed by atoms with E-state index in [1.807, 2.05) is 0 Å². The van der Waals surface area contributed by atoms with Crippen LogP contribution in [0.15, 0.2) is 0 Å². The van der Waals surface area contributed by atoms with Crippen molar-refractivity contribution < 1.29 is 4.74 Å². The molecule has 0 radical (unpaired) electrons. The molecular formula is C14H30N2O. The second kappa shape index (κ2) is 7.34. The zero-order valence-electron chi connectivity index (χ0n) is 11.9. The summed E-state index contributed by atoms with van der Waals surface area (Å²) < 4.78 is 5.65. The van der Waals surface area contributed by atoms with Crippen LogP contribution < -0.4 is 5.73 Å². The summed E-state index contributed by atoms with van der Waals surface area (Å²) in [4.78, 5) is 2.62. The summed E-state index contributed by atoms with van der Waals surface area (Å²) in [6.07, 6.45) is 6.57. The van der Waals surface area contributed by atoms with Gasteiger partial charge in [-0.1, -0.05) is 19.8 Å². The Morgan fingerprint density at radius 2 is 2.06 bits per heavy atom. The summed E-state index contributed by atoms with van der Waals surface area (Å²) >= 11 is 0. The van der Waals surface area contributed by atoms with Crippen molar-refractivity contribution in [1.82, 2.24) is 4.90 Å². The lowest BCUT2D eigenvalue weighted by atomic mass is 9.96. The first-order chi connectivity index (χ1) is 8.18. The molecule has 0 spiro atoms. The molecule has 1 rings (SSSR count). The average Bonchev–Trinajstić information content (AvgIpc) is 2.61. The molecule has 1 saturated heterocycles. The molecule has 0 aromatic rings. The Morgan fingerprint density at radius 1 is 1.29 bits per heavy atom. The van der Waals surface area contributed by atoms with Crippen LogP contribution in [0.4, 0.5) is 0 Å². The van der Waals surface area contributed by atoms with Crippen molar-refractivity contribution in [2.45, 2.75) is 64.5 Å². The lowest BCUT2D eigenvalue weighted by molar-refractivity contribution is -0.0132. The lowest BCUT2D eigenvalue weighted by Crippen LogP contribution is -2.58. The van der Waals surface area contributed by atoms with E-state index in [-0.39, 0.29) is 5.54 Å².